The van der Waals surface area contributed by atoms with E-state index in [-0.39, 0.29) is 16.5 Å². The van der Waals surface area contributed by atoms with E-state index in [1.54, 1.807) is 17.4 Å². The molecule has 2 amide bonds. The molecule has 2 rings (SSSR count). The molecule has 2 aromatic rings. The quantitative estimate of drug-likeness (QED) is 0.478. The summed E-state index contributed by atoms with van der Waals surface area (Å²) in [5.41, 5.74) is 2.93. The Morgan fingerprint density at radius 1 is 1.13 bits per heavy atom. The zero-order valence-corrected chi connectivity index (χ0v) is 17.2. The molecule has 0 aliphatic heterocycles. The van der Waals surface area contributed by atoms with Crippen LogP contribution in [-0.2, 0) is 9.59 Å². The van der Waals surface area contributed by atoms with Gasteiger partial charge in [0, 0.05) is 10.7 Å². The molecule has 0 radical (unpaired) electrons. The van der Waals surface area contributed by atoms with Crippen LogP contribution in [0.15, 0.2) is 47.6 Å². The number of hydrogen-bond acceptors (Lipinski definition) is 4. The van der Waals surface area contributed by atoms with Crippen LogP contribution in [0.5, 0.6) is 5.75 Å². The molecule has 2 aromatic carbocycles. The van der Waals surface area contributed by atoms with Crippen molar-refractivity contribution in [1.82, 2.24) is 5.43 Å². The van der Waals surface area contributed by atoms with Gasteiger partial charge in [-0.1, -0.05) is 35.3 Å². The van der Waals surface area contributed by atoms with Crippen molar-refractivity contribution in [3.8, 4) is 5.75 Å². The number of hydrazone groups is 1. The van der Waals surface area contributed by atoms with E-state index in [1.165, 1.54) is 44.2 Å². The third kappa shape index (κ3) is 6.64. The monoisotopic (exact) mass is 461 g/mol. The van der Waals surface area contributed by atoms with Gasteiger partial charge >= 0.3 is 12.1 Å². The van der Waals surface area contributed by atoms with Crippen molar-refractivity contribution in [2.45, 2.75) is 26.1 Å². The van der Waals surface area contributed by atoms with Gasteiger partial charge in [-0.3, -0.25) is 9.59 Å². The second-order valence-electron chi connectivity index (χ2n) is 6.04. The molecule has 1 unspecified atom stereocenters. The summed E-state index contributed by atoms with van der Waals surface area (Å²) >= 11 is 11.8. The van der Waals surface area contributed by atoms with Gasteiger partial charge in [-0.25, -0.2) is 5.43 Å². The van der Waals surface area contributed by atoms with E-state index in [1.807, 2.05) is 0 Å². The molecule has 0 fully saturated rings. The molecule has 0 saturated carbocycles. The second kappa shape index (κ2) is 9.82. The van der Waals surface area contributed by atoms with E-state index < -0.39 is 24.1 Å². The molecule has 1 atom stereocenters. The first-order valence-electron chi connectivity index (χ1n) is 8.42. The van der Waals surface area contributed by atoms with Gasteiger partial charge < -0.3 is 10.1 Å². The predicted molar refractivity (Wildman–Crippen MR) is 108 cm³/mol. The summed E-state index contributed by atoms with van der Waals surface area (Å²) in [6, 6.07) is 10.1. The highest BCUT2D eigenvalue weighted by Gasteiger charge is 2.38. The first kappa shape index (κ1) is 23.5. The largest absolute Gasteiger partial charge is 0.479 e. The number of alkyl halides is 3. The predicted octanol–water partition coefficient (Wildman–Crippen LogP) is 4.80. The average molecular weight is 462 g/mol. The lowest BCUT2D eigenvalue weighted by atomic mass is 10.1. The zero-order chi connectivity index (χ0) is 22.5. The molecule has 6 nitrogen and oxygen atoms in total. The molecule has 0 saturated heterocycles. The molecule has 0 bridgehead atoms. The fourth-order valence-electron chi connectivity index (χ4n) is 2.13. The lowest BCUT2D eigenvalue weighted by molar-refractivity contribution is -0.167. The molecule has 0 spiro atoms. The second-order valence-corrected chi connectivity index (χ2v) is 6.88. The van der Waals surface area contributed by atoms with E-state index in [0.717, 1.165) is 0 Å². The van der Waals surface area contributed by atoms with Gasteiger partial charge in [-0.15, -0.1) is 0 Å². The highest BCUT2D eigenvalue weighted by atomic mass is 35.5. The van der Waals surface area contributed by atoms with Crippen LogP contribution in [0, 0.1) is 0 Å². The number of benzene rings is 2. The summed E-state index contributed by atoms with van der Waals surface area (Å²) in [6.07, 6.45) is -5.95. The molecule has 11 heteroatoms. The number of nitrogens with zero attached hydrogens (tertiary/aromatic N) is 1. The highest BCUT2D eigenvalue weighted by Crippen LogP contribution is 2.28. The molecular weight excluding hydrogens is 446 g/mol. The number of nitrogens with one attached hydrogen (secondary N) is 2. The van der Waals surface area contributed by atoms with Gasteiger partial charge in [0.05, 0.1) is 10.7 Å². The lowest BCUT2D eigenvalue weighted by Gasteiger charge is -2.14. The summed E-state index contributed by atoms with van der Waals surface area (Å²) in [4.78, 5) is 23.2. The maximum atomic E-state index is 12.4. The maximum Gasteiger partial charge on any atom is 0.471 e. The summed E-state index contributed by atoms with van der Waals surface area (Å²) in [5, 5.41) is 6.31. The van der Waals surface area contributed by atoms with Crippen molar-refractivity contribution in [2.24, 2.45) is 5.10 Å². The number of carbonyl (C=O) groups is 2. The van der Waals surface area contributed by atoms with E-state index in [4.69, 9.17) is 27.9 Å². The van der Waals surface area contributed by atoms with E-state index in [2.05, 4.69) is 10.5 Å². The van der Waals surface area contributed by atoms with Crippen molar-refractivity contribution < 1.29 is 27.5 Å². The van der Waals surface area contributed by atoms with Gasteiger partial charge in [-0.05, 0) is 49.7 Å². The Bertz CT molecular complexity index is 981. The normalized spacial score (nSPS) is 12.8. The first-order chi connectivity index (χ1) is 14.0. The Labute approximate surface area is 180 Å². The Balaban J connectivity index is 2.02. The van der Waals surface area contributed by atoms with Crippen LogP contribution >= 0.6 is 23.2 Å². The van der Waals surface area contributed by atoms with Crippen LogP contribution in [0.4, 0.5) is 18.9 Å². The Morgan fingerprint density at radius 2 is 1.83 bits per heavy atom. The maximum absolute atomic E-state index is 12.4. The Hall–Kier alpha value is -2.78. The summed E-state index contributed by atoms with van der Waals surface area (Å²) in [5.74, 6) is -2.41. The number of hydrogen-bond donors (Lipinski definition) is 2. The van der Waals surface area contributed by atoms with Crippen molar-refractivity contribution >= 4 is 46.4 Å². The topological polar surface area (TPSA) is 79.8 Å². The van der Waals surface area contributed by atoms with Gasteiger partial charge in [0.1, 0.15) is 5.75 Å². The molecule has 0 aliphatic carbocycles. The zero-order valence-electron chi connectivity index (χ0n) is 15.7. The van der Waals surface area contributed by atoms with E-state index in [9.17, 15) is 22.8 Å². The van der Waals surface area contributed by atoms with Crippen molar-refractivity contribution in [3.05, 3.63) is 58.1 Å². The van der Waals surface area contributed by atoms with Gasteiger partial charge in [0.2, 0.25) is 0 Å². The van der Waals surface area contributed by atoms with Crippen LogP contribution in [0.3, 0.4) is 0 Å². The smallest absolute Gasteiger partial charge is 0.471 e. The fraction of sp³-hybridized carbons (Fsp3) is 0.211. The SMILES string of the molecule is CC(=NNC(=O)C(C)Oc1ccc(Cl)cc1Cl)c1cccc(NC(=O)C(F)(F)F)c1. The van der Waals surface area contributed by atoms with Crippen LogP contribution in [0.1, 0.15) is 19.4 Å². The summed E-state index contributed by atoms with van der Waals surface area (Å²) < 4.78 is 42.6. The third-order valence-electron chi connectivity index (χ3n) is 3.70. The number of ether oxygens (including phenoxy) is 1. The molecular formula is C19H16Cl2F3N3O3. The van der Waals surface area contributed by atoms with Gasteiger partial charge in [0.25, 0.3) is 5.91 Å². The van der Waals surface area contributed by atoms with Gasteiger partial charge in [0.15, 0.2) is 6.10 Å². The molecule has 160 valence electrons. The number of amides is 2. The molecule has 0 heterocycles. The first-order valence-corrected chi connectivity index (χ1v) is 9.17. The van der Waals surface area contributed by atoms with Crippen molar-refractivity contribution in [3.63, 3.8) is 0 Å². The average Bonchev–Trinajstić information content (AvgIpc) is 2.67. The minimum absolute atomic E-state index is 0.0650. The van der Waals surface area contributed by atoms with Crippen LogP contribution in [0.2, 0.25) is 10.0 Å². The van der Waals surface area contributed by atoms with Crippen LogP contribution in [-0.4, -0.2) is 29.8 Å². The number of anilines is 1. The van der Waals surface area contributed by atoms with Crippen molar-refractivity contribution in [2.75, 3.05) is 5.32 Å². The lowest BCUT2D eigenvalue weighted by Crippen LogP contribution is -2.34. The molecule has 0 aliphatic rings. The minimum Gasteiger partial charge on any atom is -0.479 e. The molecule has 2 N–H and O–H groups in total. The highest BCUT2D eigenvalue weighted by molar-refractivity contribution is 6.35. The van der Waals surface area contributed by atoms with Crippen molar-refractivity contribution in [1.29, 1.82) is 0 Å². The minimum atomic E-state index is -5.00. The Morgan fingerprint density at radius 3 is 2.47 bits per heavy atom. The molecule has 0 aromatic heterocycles. The molecule has 30 heavy (non-hydrogen) atoms. The Kier molecular flexibility index (Phi) is 7.69. The van der Waals surface area contributed by atoms with E-state index >= 15 is 0 Å². The van der Waals surface area contributed by atoms with Crippen LogP contribution in [0.25, 0.3) is 0 Å². The number of rotatable bonds is 6. The third-order valence-corrected chi connectivity index (χ3v) is 4.23. The fourth-order valence-corrected chi connectivity index (χ4v) is 2.59. The summed E-state index contributed by atoms with van der Waals surface area (Å²) in [6.45, 7) is 3.02. The number of halogens is 5. The van der Waals surface area contributed by atoms with E-state index in [0.29, 0.717) is 16.3 Å². The van der Waals surface area contributed by atoms with Crippen LogP contribution < -0.4 is 15.5 Å². The number of carbonyl (C=O) groups excluding carboxylic acids is 2. The van der Waals surface area contributed by atoms with Gasteiger partial charge in [-0.2, -0.15) is 18.3 Å². The standard InChI is InChI=1S/C19H16Cl2F3N3O3/c1-10(12-4-3-5-14(8-12)25-18(29)19(22,23)24)26-27-17(28)11(2)30-16-7-6-13(20)9-15(16)21/h3-9,11H,1-2H3,(H,25,29)(H,27,28). The summed E-state index contributed by atoms with van der Waals surface area (Å²) in [7, 11) is 0.